The number of nitrogens with one attached hydrogen (secondary N) is 4. The molecule has 2 aromatic carbocycles. The molecule has 242 valence electrons. The smallest absolute Gasteiger partial charge is 0.273 e. The molecule has 0 aliphatic carbocycles. The van der Waals surface area contributed by atoms with E-state index in [-0.39, 0.29) is 22.6 Å². The molecule has 4 amide bonds. The first-order valence-electron chi connectivity index (χ1n) is 16.0. The monoisotopic (exact) mass is 610 g/mol. The van der Waals surface area contributed by atoms with E-state index in [1.54, 1.807) is 31.2 Å². The van der Waals surface area contributed by atoms with Gasteiger partial charge in [-0.15, -0.1) is 0 Å². The van der Waals surface area contributed by atoms with Crippen molar-refractivity contribution in [1.82, 2.24) is 21.7 Å². The number of rotatable bonds is 17. The third-order valence-corrected chi connectivity index (χ3v) is 7.88. The molecular formula is C34H50N4O6. The summed E-state index contributed by atoms with van der Waals surface area (Å²) in [6, 6.07) is 9.75. The van der Waals surface area contributed by atoms with Crippen molar-refractivity contribution in [2.24, 2.45) is 11.8 Å². The average molecular weight is 611 g/mol. The lowest BCUT2D eigenvalue weighted by molar-refractivity contribution is -0.136. The summed E-state index contributed by atoms with van der Waals surface area (Å²) >= 11 is 0. The Morgan fingerprint density at radius 3 is 1.48 bits per heavy atom. The Balaban J connectivity index is 2.17. The Kier molecular flexibility index (Phi) is 15.8. The van der Waals surface area contributed by atoms with Crippen molar-refractivity contribution in [3.63, 3.8) is 0 Å². The van der Waals surface area contributed by atoms with Crippen LogP contribution in [0.4, 0.5) is 0 Å². The van der Waals surface area contributed by atoms with Crippen molar-refractivity contribution in [3.8, 4) is 11.5 Å². The van der Waals surface area contributed by atoms with Gasteiger partial charge >= 0.3 is 0 Å². The van der Waals surface area contributed by atoms with Crippen molar-refractivity contribution >= 4 is 23.6 Å². The van der Waals surface area contributed by atoms with Crippen LogP contribution in [0.25, 0.3) is 0 Å². The van der Waals surface area contributed by atoms with Crippen molar-refractivity contribution in [3.05, 3.63) is 58.7 Å². The number of phenolic OH excluding ortho intramolecular Hbond substituents is 2. The molecule has 0 aliphatic rings. The molecule has 0 radical (unpaired) electrons. The topological polar surface area (TPSA) is 157 Å². The fourth-order valence-electron chi connectivity index (χ4n) is 5.35. The molecule has 0 aromatic heterocycles. The number of aryl methyl sites for hydroxylation is 2. The molecule has 2 unspecified atom stereocenters. The normalized spacial score (nSPS) is 12.2. The number of carbonyl (C=O) groups is 4. The Labute approximate surface area is 261 Å². The quantitative estimate of drug-likeness (QED) is 0.101. The molecule has 0 aliphatic heterocycles. The predicted molar refractivity (Wildman–Crippen MR) is 171 cm³/mol. The van der Waals surface area contributed by atoms with Crippen LogP contribution >= 0.6 is 0 Å². The summed E-state index contributed by atoms with van der Waals surface area (Å²) in [7, 11) is 0. The van der Waals surface area contributed by atoms with Crippen molar-refractivity contribution in [2.45, 2.75) is 105 Å². The highest BCUT2D eigenvalue weighted by Gasteiger charge is 2.33. The zero-order chi connectivity index (χ0) is 32.5. The molecule has 0 heterocycles. The fraction of sp³-hybridized carbons (Fsp3) is 0.529. The largest absolute Gasteiger partial charge is 0.507 e. The molecule has 10 heteroatoms. The van der Waals surface area contributed by atoms with Gasteiger partial charge in [-0.25, -0.2) is 0 Å². The van der Waals surface area contributed by atoms with Crippen molar-refractivity contribution in [2.75, 3.05) is 0 Å². The number of carbonyl (C=O) groups excluding carboxylic acids is 4. The van der Waals surface area contributed by atoms with Crippen LogP contribution in [0.3, 0.4) is 0 Å². The third-order valence-electron chi connectivity index (χ3n) is 7.88. The van der Waals surface area contributed by atoms with Gasteiger partial charge in [0, 0.05) is 0 Å². The molecule has 2 rings (SSSR count). The number of unbranched alkanes of at least 4 members (excludes halogenated alkanes) is 5. The van der Waals surface area contributed by atoms with Crippen LogP contribution in [0.15, 0.2) is 36.4 Å². The maximum absolute atomic E-state index is 13.4. The molecule has 0 saturated heterocycles. The summed E-state index contributed by atoms with van der Waals surface area (Å²) in [5.41, 5.74) is 11.3. The van der Waals surface area contributed by atoms with Crippen LogP contribution in [-0.4, -0.2) is 33.8 Å². The van der Waals surface area contributed by atoms with Crippen LogP contribution in [0.1, 0.15) is 124 Å². The molecule has 2 aromatic rings. The summed E-state index contributed by atoms with van der Waals surface area (Å²) in [6.07, 6.45) is 9.00. The number of benzene rings is 2. The number of hydrazine groups is 2. The lowest BCUT2D eigenvalue weighted by Crippen LogP contribution is -2.51. The van der Waals surface area contributed by atoms with Gasteiger partial charge in [-0.2, -0.15) is 0 Å². The maximum atomic E-state index is 13.4. The Bertz CT molecular complexity index is 1250. The molecule has 0 fully saturated rings. The molecule has 0 saturated carbocycles. The lowest BCUT2D eigenvalue weighted by Gasteiger charge is -2.25. The second-order valence-corrected chi connectivity index (χ2v) is 11.2. The zero-order valence-corrected chi connectivity index (χ0v) is 26.6. The first kappa shape index (κ1) is 36.1. The van der Waals surface area contributed by atoms with E-state index in [1.807, 2.05) is 13.8 Å². The number of phenols is 2. The van der Waals surface area contributed by atoms with Gasteiger partial charge in [-0.1, -0.05) is 90.5 Å². The standard InChI is InChI=1S/C34H50N4O6/c1-5-9-12-13-20-26(32(42)36-38-34(44)30-24(17-11-7-3)19-15-22-28(30)40)25(8-4)31(41)35-37-33(43)29-23(16-10-6-2)18-14-21-27(29)39/h14-15,18-19,21-22,25-26,39-40H,5-13,16-17,20H2,1-4H3,(H,35,41)(H,36,42)(H,37,43)(H,38,44). The van der Waals surface area contributed by atoms with Crippen LogP contribution in [0, 0.1) is 11.8 Å². The van der Waals surface area contributed by atoms with E-state index < -0.39 is 35.5 Å². The minimum Gasteiger partial charge on any atom is -0.507 e. The lowest BCUT2D eigenvalue weighted by atomic mass is 9.84. The highest BCUT2D eigenvalue weighted by atomic mass is 16.3. The van der Waals surface area contributed by atoms with Gasteiger partial charge in [0.1, 0.15) is 11.5 Å². The zero-order valence-electron chi connectivity index (χ0n) is 26.6. The van der Waals surface area contributed by atoms with Crippen LogP contribution in [0.5, 0.6) is 11.5 Å². The Morgan fingerprint density at radius 1 is 0.591 bits per heavy atom. The SMILES string of the molecule is CCCCCCC(C(=O)NNC(=O)c1c(O)cccc1CCCC)C(CC)C(=O)NNC(=O)c1c(O)cccc1CCCC. The fourth-order valence-corrected chi connectivity index (χ4v) is 5.35. The van der Waals surface area contributed by atoms with Crippen molar-refractivity contribution < 1.29 is 29.4 Å². The maximum Gasteiger partial charge on any atom is 0.273 e. The van der Waals surface area contributed by atoms with Gasteiger partial charge in [-0.05, 0) is 61.8 Å². The van der Waals surface area contributed by atoms with Crippen LogP contribution in [-0.2, 0) is 22.4 Å². The number of amides is 4. The summed E-state index contributed by atoms with van der Waals surface area (Å²) in [5, 5.41) is 20.8. The van der Waals surface area contributed by atoms with Gasteiger partial charge < -0.3 is 10.2 Å². The van der Waals surface area contributed by atoms with E-state index in [0.29, 0.717) is 43.2 Å². The predicted octanol–water partition coefficient (Wildman–Crippen LogP) is 5.62. The summed E-state index contributed by atoms with van der Waals surface area (Å²) in [5.74, 6) is -4.30. The molecule has 6 N–H and O–H groups in total. The first-order chi connectivity index (χ1) is 21.2. The van der Waals surface area contributed by atoms with Crippen molar-refractivity contribution in [1.29, 1.82) is 0 Å². The second kappa shape index (κ2) is 19.2. The van der Waals surface area contributed by atoms with E-state index >= 15 is 0 Å². The molecular weight excluding hydrogens is 560 g/mol. The van der Waals surface area contributed by atoms with Gasteiger partial charge in [0.2, 0.25) is 11.8 Å². The third kappa shape index (κ3) is 10.6. The van der Waals surface area contributed by atoms with E-state index in [9.17, 15) is 29.4 Å². The van der Waals surface area contributed by atoms with Gasteiger partial charge in [-0.3, -0.25) is 40.9 Å². The molecule has 44 heavy (non-hydrogen) atoms. The number of hydrogen-bond donors (Lipinski definition) is 6. The highest BCUT2D eigenvalue weighted by molar-refractivity contribution is 6.00. The molecule has 2 atom stereocenters. The minimum absolute atomic E-state index is 0.105. The molecule has 0 bridgehead atoms. The number of aromatic hydroxyl groups is 2. The van der Waals surface area contributed by atoms with Gasteiger partial charge in [0.25, 0.3) is 11.8 Å². The van der Waals surface area contributed by atoms with E-state index in [1.165, 1.54) is 12.1 Å². The van der Waals surface area contributed by atoms with E-state index in [4.69, 9.17) is 0 Å². The Morgan fingerprint density at radius 2 is 1.05 bits per heavy atom. The Hall–Kier alpha value is -4.08. The minimum atomic E-state index is -0.803. The summed E-state index contributed by atoms with van der Waals surface area (Å²) in [4.78, 5) is 52.9. The van der Waals surface area contributed by atoms with E-state index in [2.05, 4.69) is 28.6 Å². The van der Waals surface area contributed by atoms with E-state index in [0.717, 1.165) is 44.9 Å². The highest BCUT2D eigenvalue weighted by Crippen LogP contribution is 2.26. The molecule has 0 spiro atoms. The first-order valence-corrected chi connectivity index (χ1v) is 16.0. The average Bonchev–Trinajstić information content (AvgIpc) is 3.01. The summed E-state index contributed by atoms with van der Waals surface area (Å²) in [6.45, 7) is 7.93. The van der Waals surface area contributed by atoms with Gasteiger partial charge in [0.15, 0.2) is 0 Å². The van der Waals surface area contributed by atoms with Crippen LogP contribution in [0.2, 0.25) is 0 Å². The molecule has 10 nitrogen and oxygen atoms in total. The van der Waals surface area contributed by atoms with Crippen LogP contribution < -0.4 is 21.7 Å². The van der Waals surface area contributed by atoms with Gasteiger partial charge in [0.05, 0.1) is 23.0 Å². The second-order valence-electron chi connectivity index (χ2n) is 11.2. The number of hydrogen-bond acceptors (Lipinski definition) is 6. The summed E-state index contributed by atoms with van der Waals surface area (Å²) < 4.78 is 0.